The number of hydrogen-bond acceptors (Lipinski definition) is 6. The molecule has 0 atom stereocenters. The zero-order valence-electron chi connectivity index (χ0n) is 13.3. The summed E-state index contributed by atoms with van der Waals surface area (Å²) in [5, 5.41) is 5.58. The van der Waals surface area contributed by atoms with Crippen LogP contribution in [0.5, 0.6) is 0 Å². The molecule has 0 radical (unpaired) electrons. The highest BCUT2D eigenvalue weighted by molar-refractivity contribution is 5.96. The third kappa shape index (κ3) is 4.39. The van der Waals surface area contributed by atoms with E-state index in [9.17, 15) is 9.59 Å². The predicted octanol–water partition coefficient (Wildman–Crippen LogP) is 2.31. The molecule has 24 heavy (non-hydrogen) atoms. The molecular formula is C17H18N4O3. The Morgan fingerprint density at radius 3 is 2.83 bits per heavy atom. The number of ether oxygens (including phenoxy) is 1. The first-order valence-corrected chi connectivity index (χ1v) is 7.41. The molecule has 2 rings (SSSR count). The summed E-state index contributed by atoms with van der Waals surface area (Å²) >= 11 is 0. The van der Waals surface area contributed by atoms with Crippen molar-refractivity contribution in [2.45, 2.75) is 6.92 Å². The van der Waals surface area contributed by atoms with E-state index in [0.29, 0.717) is 17.8 Å². The highest BCUT2D eigenvalue weighted by atomic mass is 16.5. The predicted molar refractivity (Wildman–Crippen MR) is 90.2 cm³/mol. The summed E-state index contributed by atoms with van der Waals surface area (Å²) in [4.78, 5) is 32.1. The topological polar surface area (TPSA) is 93.2 Å². The second-order valence-electron chi connectivity index (χ2n) is 4.66. The zero-order valence-corrected chi connectivity index (χ0v) is 13.3. The minimum atomic E-state index is -0.444. The molecule has 0 aliphatic heterocycles. The molecule has 0 bridgehead atoms. The molecule has 1 amide bonds. The fourth-order valence-electron chi connectivity index (χ4n) is 1.90. The lowest BCUT2D eigenvalue weighted by Gasteiger charge is -2.10. The molecule has 1 aromatic heterocycles. The van der Waals surface area contributed by atoms with Crippen molar-refractivity contribution in [2.24, 2.45) is 0 Å². The van der Waals surface area contributed by atoms with E-state index in [1.54, 1.807) is 37.3 Å². The highest BCUT2D eigenvalue weighted by Gasteiger charge is 2.13. The van der Waals surface area contributed by atoms with Gasteiger partial charge in [-0.3, -0.25) is 4.79 Å². The molecule has 7 heteroatoms. The summed E-state index contributed by atoms with van der Waals surface area (Å²) < 4.78 is 5.02. The number of carbonyl (C=O) groups is 2. The van der Waals surface area contributed by atoms with Crippen LogP contribution in [0.15, 0.2) is 49.2 Å². The lowest BCUT2D eigenvalue weighted by Crippen LogP contribution is -2.24. The van der Waals surface area contributed by atoms with E-state index in [1.165, 1.54) is 12.3 Å². The Morgan fingerprint density at radius 2 is 2.08 bits per heavy atom. The van der Waals surface area contributed by atoms with E-state index >= 15 is 0 Å². The summed E-state index contributed by atoms with van der Waals surface area (Å²) in [6.07, 6.45) is 3.04. The number of amides is 1. The van der Waals surface area contributed by atoms with Gasteiger partial charge in [-0.2, -0.15) is 0 Å². The first kappa shape index (κ1) is 17.1. The van der Waals surface area contributed by atoms with Crippen LogP contribution in [0.25, 0.3) is 0 Å². The van der Waals surface area contributed by atoms with Crippen molar-refractivity contribution in [3.05, 3.63) is 60.4 Å². The van der Waals surface area contributed by atoms with E-state index in [0.717, 1.165) is 0 Å². The van der Waals surface area contributed by atoms with Crippen LogP contribution < -0.4 is 10.6 Å². The quantitative estimate of drug-likeness (QED) is 0.599. The van der Waals surface area contributed by atoms with Gasteiger partial charge in [0.05, 0.1) is 17.9 Å². The summed E-state index contributed by atoms with van der Waals surface area (Å²) in [6, 6.07) is 8.35. The van der Waals surface area contributed by atoms with Crippen molar-refractivity contribution in [2.75, 3.05) is 18.5 Å². The lowest BCUT2D eigenvalue weighted by atomic mass is 10.2. The maximum Gasteiger partial charge on any atom is 0.340 e. The Balaban J connectivity index is 2.21. The molecule has 0 saturated heterocycles. The highest BCUT2D eigenvalue weighted by Crippen LogP contribution is 2.19. The molecule has 7 nitrogen and oxygen atoms in total. The van der Waals surface area contributed by atoms with E-state index < -0.39 is 5.97 Å². The van der Waals surface area contributed by atoms with Gasteiger partial charge in [0, 0.05) is 12.7 Å². The molecule has 2 aromatic rings. The largest absolute Gasteiger partial charge is 0.462 e. The van der Waals surface area contributed by atoms with Crippen LogP contribution in [0.3, 0.4) is 0 Å². The van der Waals surface area contributed by atoms with Crippen molar-refractivity contribution >= 4 is 23.5 Å². The van der Waals surface area contributed by atoms with Gasteiger partial charge in [0.15, 0.2) is 0 Å². The second-order valence-corrected chi connectivity index (χ2v) is 4.66. The van der Waals surface area contributed by atoms with Crippen LogP contribution in [0, 0.1) is 0 Å². The molecule has 2 N–H and O–H groups in total. The average molecular weight is 326 g/mol. The standard InChI is InChI=1S/C17H18N4O3/c1-3-10-18-15(22)14-9-11-19-17(21-14)20-13-8-6-5-7-12(13)16(23)24-4-2/h3,5-9,11H,1,4,10H2,2H3,(H,18,22)(H,19,20,21). The lowest BCUT2D eigenvalue weighted by molar-refractivity contribution is 0.0527. The Labute approximate surface area is 139 Å². The number of esters is 1. The van der Waals surface area contributed by atoms with Crippen molar-refractivity contribution in [1.29, 1.82) is 0 Å². The molecule has 1 aromatic carbocycles. The minimum absolute atomic E-state index is 0.206. The number of anilines is 2. The summed E-state index contributed by atoms with van der Waals surface area (Å²) in [5.74, 6) is -0.572. The summed E-state index contributed by atoms with van der Waals surface area (Å²) in [6.45, 7) is 5.90. The molecule has 124 valence electrons. The Kier molecular flexibility index (Phi) is 6.01. The number of benzene rings is 1. The van der Waals surface area contributed by atoms with E-state index in [4.69, 9.17) is 4.74 Å². The van der Waals surface area contributed by atoms with Crippen LogP contribution in [-0.2, 0) is 4.74 Å². The molecule has 0 aliphatic rings. The molecule has 0 fully saturated rings. The number of nitrogens with one attached hydrogen (secondary N) is 2. The van der Waals surface area contributed by atoms with Crippen LogP contribution in [0.1, 0.15) is 27.8 Å². The minimum Gasteiger partial charge on any atom is -0.462 e. The number of para-hydroxylation sites is 1. The van der Waals surface area contributed by atoms with Crippen LogP contribution in [0.2, 0.25) is 0 Å². The van der Waals surface area contributed by atoms with Gasteiger partial charge >= 0.3 is 5.97 Å². The van der Waals surface area contributed by atoms with Gasteiger partial charge in [-0.15, -0.1) is 6.58 Å². The van der Waals surface area contributed by atoms with E-state index in [1.807, 2.05) is 0 Å². The third-order valence-electron chi connectivity index (χ3n) is 2.96. The van der Waals surface area contributed by atoms with Gasteiger partial charge in [-0.25, -0.2) is 14.8 Å². The van der Waals surface area contributed by atoms with Crippen molar-refractivity contribution in [1.82, 2.24) is 15.3 Å². The van der Waals surface area contributed by atoms with Crippen molar-refractivity contribution < 1.29 is 14.3 Å². The van der Waals surface area contributed by atoms with Crippen molar-refractivity contribution in [3.63, 3.8) is 0 Å². The molecule has 0 unspecified atom stereocenters. The second kappa shape index (κ2) is 8.42. The maximum absolute atomic E-state index is 12.0. The van der Waals surface area contributed by atoms with Gasteiger partial charge < -0.3 is 15.4 Å². The third-order valence-corrected chi connectivity index (χ3v) is 2.96. The molecule has 1 heterocycles. The van der Waals surface area contributed by atoms with Crippen LogP contribution >= 0.6 is 0 Å². The fourth-order valence-corrected chi connectivity index (χ4v) is 1.90. The normalized spacial score (nSPS) is 9.88. The number of hydrogen-bond donors (Lipinski definition) is 2. The fraction of sp³-hybridized carbons (Fsp3) is 0.176. The maximum atomic E-state index is 12.0. The Morgan fingerprint density at radius 1 is 1.29 bits per heavy atom. The van der Waals surface area contributed by atoms with Gasteiger partial charge in [-0.05, 0) is 25.1 Å². The molecular weight excluding hydrogens is 308 g/mol. The van der Waals surface area contributed by atoms with Gasteiger partial charge in [0.25, 0.3) is 5.91 Å². The molecule has 0 saturated carbocycles. The molecule has 0 spiro atoms. The zero-order chi connectivity index (χ0) is 17.4. The average Bonchev–Trinajstić information content (AvgIpc) is 2.60. The number of nitrogens with zero attached hydrogens (tertiary/aromatic N) is 2. The molecule has 0 aliphatic carbocycles. The van der Waals surface area contributed by atoms with Gasteiger partial charge in [0.1, 0.15) is 5.69 Å². The van der Waals surface area contributed by atoms with E-state index in [2.05, 4.69) is 27.2 Å². The Hall–Kier alpha value is -3.22. The van der Waals surface area contributed by atoms with Gasteiger partial charge in [0.2, 0.25) is 5.95 Å². The monoisotopic (exact) mass is 326 g/mol. The van der Waals surface area contributed by atoms with E-state index in [-0.39, 0.29) is 24.2 Å². The number of rotatable bonds is 7. The first-order valence-electron chi connectivity index (χ1n) is 7.41. The Bertz CT molecular complexity index is 746. The first-order chi connectivity index (χ1) is 11.7. The van der Waals surface area contributed by atoms with Crippen LogP contribution in [-0.4, -0.2) is 35.0 Å². The van der Waals surface area contributed by atoms with Crippen molar-refractivity contribution in [3.8, 4) is 0 Å². The SMILES string of the molecule is C=CCNC(=O)c1ccnc(Nc2ccccc2C(=O)OCC)n1. The number of carbonyl (C=O) groups excluding carboxylic acids is 2. The van der Waals surface area contributed by atoms with Crippen LogP contribution in [0.4, 0.5) is 11.6 Å². The smallest absolute Gasteiger partial charge is 0.340 e. The number of aromatic nitrogens is 2. The summed E-state index contributed by atoms with van der Waals surface area (Å²) in [5.41, 5.74) is 1.08. The summed E-state index contributed by atoms with van der Waals surface area (Å²) in [7, 11) is 0. The van der Waals surface area contributed by atoms with Gasteiger partial charge in [-0.1, -0.05) is 18.2 Å².